The van der Waals surface area contributed by atoms with Gasteiger partial charge < -0.3 is 10.6 Å². The maximum Gasteiger partial charge on any atom is 0.248 e. The van der Waals surface area contributed by atoms with Gasteiger partial charge in [-0.1, -0.05) is 18.2 Å². The Morgan fingerprint density at radius 3 is 2.64 bits per heavy atom. The molecule has 4 rings (SSSR count). The fourth-order valence-electron chi connectivity index (χ4n) is 3.73. The van der Waals surface area contributed by atoms with Crippen LogP contribution in [0.25, 0.3) is 11.3 Å². The van der Waals surface area contributed by atoms with E-state index in [1.54, 1.807) is 18.2 Å². The number of aromatic nitrogens is 3. The summed E-state index contributed by atoms with van der Waals surface area (Å²) in [7, 11) is 2.05. The molecule has 0 radical (unpaired) electrons. The normalized spacial score (nSPS) is 18.3. The van der Waals surface area contributed by atoms with E-state index < -0.39 is 5.91 Å². The summed E-state index contributed by atoms with van der Waals surface area (Å²) < 4.78 is 0. The monoisotopic (exact) mass is 373 g/mol. The number of nitrogens with zero attached hydrogens (tertiary/aromatic N) is 4. The van der Waals surface area contributed by atoms with Gasteiger partial charge in [-0.15, -0.1) is 10.2 Å². The van der Waals surface area contributed by atoms with Crippen molar-refractivity contribution in [3.63, 3.8) is 0 Å². The first kappa shape index (κ1) is 18.1. The minimum Gasteiger partial charge on any atom is -0.366 e. The van der Waals surface area contributed by atoms with Crippen molar-refractivity contribution in [2.24, 2.45) is 11.7 Å². The highest BCUT2D eigenvalue weighted by Crippen LogP contribution is 2.42. The van der Waals surface area contributed by atoms with Gasteiger partial charge >= 0.3 is 0 Å². The van der Waals surface area contributed by atoms with E-state index in [2.05, 4.69) is 32.2 Å². The lowest BCUT2D eigenvalue weighted by Crippen LogP contribution is -2.35. The Hall–Kier alpha value is -3.28. The predicted molar refractivity (Wildman–Crippen MR) is 109 cm³/mol. The van der Waals surface area contributed by atoms with Gasteiger partial charge in [0.15, 0.2) is 5.82 Å². The van der Waals surface area contributed by atoms with Crippen molar-refractivity contribution < 1.29 is 4.79 Å². The van der Waals surface area contributed by atoms with Crippen molar-refractivity contribution >= 4 is 11.7 Å². The number of anilines is 1. The molecule has 0 spiro atoms. The highest BCUT2D eigenvalue weighted by Gasteiger charge is 2.33. The van der Waals surface area contributed by atoms with Crippen molar-refractivity contribution in [2.45, 2.75) is 18.8 Å². The molecule has 1 saturated carbocycles. The van der Waals surface area contributed by atoms with E-state index in [4.69, 9.17) is 5.73 Å². The number of rotatable bonds is 6. The number of hydrogen-bond donors (Lipinski definition) is 1. The third kappa shape index (κ3) is 3.71. The molecule has 142 valence electrons. The van der Waals surface area contributed by atoms with Crippen LogP contribution in [0.3, 0.4) is 0 Å². The van der Waals surface area contributed by atoms with Gasteiger partial charge in [0, 0.05) is 42.5 Å². The maximum absolute atomic E-state index is 11.4. The van der Waals surface area contributed by atoms with E-state index in [-0.39, 0.29) is 0 Å². The molecule has 0 aliphatic heterocycles. The van der Waals surface area contributed by atoms with Gasteiger partial charge in [-0.2, -0.15) is 0 Å². The summed E-state index contributed by atoms with van der Waals surface area (Å²) in [5.41, 5.74) is 8.55. The third-order valence-corrected chi connectivity index (χ3v) is 5.48. The molecule has 28 heavy (non-hydrogen) atoms. The van der Waals surface area contributed by atoms with Gasteiger partial charge in [0.1, 0.15) is 0 Å². The Morgan fingerprint density at radius 2 is 2.00 bits per heavy atom. The number of primary amides is 1. The molecular weight excluding hydrogens is 350 g/mol. The van der Waals surface area contributed by atoms with Crippen LogP contribution in [0.2, 0.25) is 0 Å². The number of benzene rings is 1. The molecule has 2 aromatic heterocycles. The van der Waals surface area contributed by atoms with Crippen molar-refractivity contribution in [2.75, 3.05) is 18.5 Å². The summed E-state index contributed by atoms with van der Waals surface area (Å²) in [6.45, 7) is 0.923. The lowest BCUT2D eigenvalue weighted by molar-refractivity contribution is 0.100. The van der Waals surface area contributed by atoms with Crippen molar-refractivity contribution in [3.05, 3.63) is 72.1 Å². The molecule has 3 aromatic rings. The molecule has 1 aromatic carbocycles. The Kier molecular flexibility index (Phi) is 5.02. The fourth-order valence-corrected chi connectivity index (χ4v) is 3.73. The van der Waals surface area contributed by atoms with Gasteiger partial charge in [0.05, 0.1) is 5.69 Å². The van der Waals surface area contributed by atoms with Crippen molar-refractivity contribution in [3.8, 4) is 11.3 Å². The van der Waals surface area contributed by atoms with Gasteiger partial charge in [-0.3, -0.25) is 9.78 Å². The summed E-state index contributed by atoms with van der Waals surface area (Å²) in [5.74, 6) is 1.48. The molecule has 6 nitrogen and oxygen atoms in total. The van der Waals surface area contributed by atoms with Crippen LogP contribution in [0, 0.1) is 5.92 Å². The standard InChI is InChI=1S/C22H23N5O/c1-27(14-17-8-9-18(17)20-7-2-3-12-24-20)21-11-10-19(25-26-21)15-5-4-6-16(13-15)22(23)28/h2-7,10-13,17-18H,8-9,14H2,1H3,(H2,23,28). The Bertz CT molecular complexity index is 958. The van der Waals surface area contributed by atoms with Gasteiger partial charge in [0.25, 0.3) is 0 Å². The second kappa shape index (κ2) is 7.76. The first-order valence-corrected chi connectivity index (χ1v) is 9.48. The van der Waals surface area contributed by atoms with E-state index in [1.165, 1.54) is 18.5 Å². The quantitative estimate of drug-likeness (QED) is 0.717. The zero-order valence-corrected chi connectivity index (χ0v) is 15.8. The average Bonchev–Trinajstić information content (AvgIpc) is 2.72. The van der Waals surface area contributed by atoms with Crippen LogP contribution in [-0.4, -0.2) is 34.7 Å². The van der Waals surface area contributed by atoms with Gasteiger partial charge in [-0.05, 0) is 55.2 Å². The SMILES string of the molecule is CN(CC1CCC1c1ccccn1)c1ccc(-c2cccc(C(N)=O)c2)nn1. The highest BCUT2D eigenvalue weighted by molar-refractivity contribution is 5.93. The first-order valence-electron chi connectivity index (χ1n) is 9.48. The topological polar surface area (TPSA) is 85.0 Å². The number of amides is 1. The van der Waals surface area contributed by atoms with E-state index >= 15 is 0 Å². The van der Waals surface area contributed by atoms with Gasteiger partial charge in [-0.25, -0.2) is 0 Å². The predicted octanol–water partition coefficient (Wildman–Crippen LogP) is 3.27. The minimum atomic E-state index is -0.450. The third-order valence-electron chi connectivity index (χ3n) is 5.48. The van der Waals surface area contributed by atoms with E-state index in [0.717, 1.165) is 23.6 Å². The van der Waals surface area contributed by atoms with Crippen molar-refractivity contribution in [1.82, 2.24) is 15.2 Å². The van der Waals surface area contributed by atoms with Crippen LogP contribution in [0.1, 0.15) is 34.8 Å². The zero-order valence-electron chi connectivity index (χ0n) is 15.8. The van der Waals surface area contributed by atoms with Crippen LogP contribution >= 0.6 is 0 Å². The molecule has 0 saturated heterocycles. The summed E-state index contributed by atoms with van der Waals surface area (Å²) in [4.78, 5) is 18.0. The summed E-state index contributed by atoms with van der Waals surface area (Å²) in [6, 6.07) is 17.1. The second-order valence-electron chi connectivity index (χ2n) is 7.30. The molecular formula is C22H23N5O. The highest BCUT2D eigenvalue weighted by atomic mass is 16.1. The van der Waals surface area contributed by atoms with Crippen LogP contribution in [-0.2, 0) is 0 Å². The Labute approximate surface area is 164 Å². The van der Waals surface area contributed by atoms with Crippen LogP contribution in [0.15, 0.2) is 60.8 Å². The minimum absolute atomic E-state index is 0.450. The molecule has 1 amide bonds. The maximum atomic E-state index is 11.4. The van der Waals surface area contributed by atoms with E-state index in [1.807, 2.05) is 37.5 Å². The van der Waals surface area contributed by atoms with Crippen LogP contribution in [0.4, 0.5) is 5.82 Å². The molecule has 6 heteroatoms. The fraction of sp³-hybridized carbons (Fsp3) is 0.273. The lowest BCUT2D eigenvalue weighted by Gasteiger charge is -2.38. The number of hydrogen-bond acceptors (Lipinski definition) is 5. The summed E-state index contributed by atoms with van der Waals surface area (Å²) >= 11 is 0. The molecule has 2 heterocycles. The number of pyridine rings is 1. The summed E-state index contributed by atoms with van der Waals surface area (Å²) in [5, 5.41) is 8.73. The first-order chi connectivity index (χ1) is 13.6. The number of nitrogens with two attached hydrogens (primary N) is 1. The number of carbonyl (C=O) groups is 1. The van der Waals surface area contributed by atoms with Gasteiger partial charge in [0.2, 0.25) is 5.91 Å². The van der Waals surface area contributed by atoms with Crippen LogP contribution < -0.4 is 10.6 Å². The average molecular weight is 373 g/mol. The summed E-state index contributed by atoms with van der Waals surface area (Å²) in [6.07, 6.45) is 4.26. The number of carbonyl (C=O) groups excluding carboxylic acids is 1. The molecule has 2 atom stereocenters. The van der Waals surface area contributed by atoms with Crippen molar-refractivity contribution in [1.29, 1.82) is 0 Å². The largest absolute Gasteiger partial charge is 0.366 e. The van der Waals surface area contributed by atoms with Crippen LogP contribution in [0.5, 0.6) is 0 Å². The molecule has 0 bridgehead atoms. The Balaban J connectivity index is 1.44. The smallest absolute Gasteiger partial charge is 0.248 e. The van der Waals surface area contributed by atoms with E-state index in [9.17, 15) is 4.79 Å². The molecule has 1 aliphatic carbocycles. The second-order valence-corrected chi connectivity index (χ2v) is 7.30. The lowest BCUT2D eigenvalue weighted by atomic mass is 9.71. The van der Waals surface area contributed by atoms with E-state index in [0.29, 0.717) is 17.4 Å². The molecule has 2 N–H and O–H groups in total. The molecule has 1 fully saturated rings. The zero-order chi connectivity index (χ0) is 19.5. The Morgan fingerprint density at radius 1 is 1.11 bits per heavy atom. The molecule has 2 unspecified atom stereocenters. The molecule has 1 aliphatic rings.